The molecular weight excluding hydrogens is 242 g/mol. The molecule has 1 saturated heterocycles. The highest BCUT2D eigenvalue weighted by Crippen LogP contribution is 2.25. The van der Waals surface area contributed by atoms with Crippen molar-refractivity contribution in [2.45, 2.75) is 37.8 Å². The Morgan fingerprint density at radius 2 is 1.68 bits per heavy atom. The van der Waals surface area contributed by atoms with Gasteiger partial charge in [-0.2, -0.15) is 0 Å². The molecule has 0 unspecified atom stereocenters. The number of nitrogens with one attached hydrogen (secondary N) is 1. The van der Waals surface area contributed by atoms with E-state index in [0.29, 0.717) is 12.7 Å². The molecular formula is C14H29N3O2. The second kappa shape index (κ2) is 8.17. The number of rotatable bonds is 6. The predicted octanol–water partition coefficient (Wildman–Crippen LogP) is 0.713. The normalized spacial score (nSPS) is 30.6. The summed E-state index contributed by atoms with van der Waals surface area (Å²) >= 11 is 0. The fourth-order valence-electron chi connectivity index (χ4n) is 3.19. The molecule has 112 valence electrons. The van der Waals surface area contributed by atoms with E-state index in [2.05, 4.69) is 15.3 Å². The lowest BCUT2D eigenvalue weighted by Crippen LogP contribution is -2.54. The lowest BCUT2D eigenvalue weighted by Gasteiger charge is -2.41. The molecule has 1 aliphatic carbocycles. The molecule has 1 saturated carbocycles. The van der Waals surface area contributed by atoms with E-state index in [4.69, 9.17) is 9.47 Å². The van der Waals surface area contributed by atoms with Crippen LogP contribution in [0.15, 0.2) is 0 Å². The first-order valence-corrected chi connectivity index (χ1v) is 7.60. The molecule has 0 atom stereocenters. The molecule has 1 N–H and O–H groups in total. The molecule has 0 aromatic carbocycles. The van der Waals surface area contributed by atoms with E-state index in [9.17, 15) is 0 Å². The van der Waals surface area contributed by atoms with Crippen LogP contribution in [0.25, 0.3) is 0 Å². The maximum Gasteiger partial charge on any atom is 0.0704 e. The van der Waals surface area contributed by atoms with Gasteiger partial charge in [0.25, 0.3) is 0 Å². The predicted molar refractivity (Wildman–Crippen MR) is 76.1 cm³/mol. The van der Waals surface area contributed by atoms with Crippen LogP contribution in [0.3, 0.4) is 0 Å². The lowest BCUT2D eigenvalue weighted by molar-refractivity contribution is -0.0212. The summed E-state index contributed by atoms with van der Waals surface area (Å²) in [7, 11) is 3.74. The Morgan fingerprint density at radius 1 is 1.00 bits per heavy atom. The highest BCUT2D eigenvalue weighted by atomic mass is 16.5. The zero-order chi connectivity index (χ0) is 13.5. The van der Waals surface area contributed by atoms with Gasteiger partial charge < -0.3 is 9.47 Å². The molecule has 0 amide bonds. The van der Waals surface area contributed by atoms with Crippen molar-refractivity contribution in [3.8, 4) is 0 Å². The van der Waals surface area contributed by atoms with Crippen molar-refractivity contribution in [2.24, 2.45) is 0 Å². The van der Waals surface area contributed by atoms with Gasteiger partial charge in [0.05, 0.1) is 19.3 Å². The third kappa shape index (κ3) is 4.68. The third-order valence-corrected chi connectivity index (χ3v) is 4.43. The molecule has 0 bridgehead atoms. The Bertz CT molecular complexity index is 237. The monoisotopic (exact) mass is 271 g/mol. The molecule has 1 aliphatic heterocycles. The largest absolute Gasteiger partial charge is 0.382 e. The van der Waals surface area contributed by atoms with Crippen LogP contribution in [0, 0.1) is 0 Å². The van der Waals surface area contributed by atoms with E-state index in [1.165, 1.54) is 38.8 Å². The number of hydrogen-bond donors (Lipinski definition) is 1. The first-order valence-electron chi connectivity index (χ1n) is 7.60. The standard InChI is InChI=1S/C14H29N3O2/c1-15-17-9-7-16(8-10-17)13-3-5-14(6-4-13)19-12-11-18-2/h13-15H,3-12H2,1-2H3. The van der Waals surface area contributed by atoms with Crippen LogP contribution < -0.4 is 5.43 Å². The summed E-state index contributed by atoms with van der Waals surface area (Å²) in [5.74, 6) is 0. The summed E-state index contributed by atoms with van der Waals surface area (Å²) in [6, 6.07) is 0.779. The van der Waals surface area contributed by atoms with Gasteiger partial charge in [-0.05, 0) is 32.7 Å². The molecule has 1 heterocycles. The molecule has 2 fully saturated rings. The average Bonchev–Trinajstić information content (AvgIpc) is 2.48. The van der Waals surface area contributed by atoms with Gasteiger partial charge >= 0.3 is 0 Å². The van der Waals surface area contributed by atoms with Gasteiger partial charge in [-0.1, -0.05) is 0 Å². The summed E-state index contributed by atoms with van der Waals surface area (Å²) in [5.41, 5.74) is 3.24. The summed E-state index contributed by atoms with van der Waals surface area (Å²) < 4.78 is 10.9. The van der Waals surface area contributed by atoms with E-state index in [0.717, 1.165) is 25.7 Å². The van der Waals surface area contributed by atoms with Crippen LogP contribution in [0.5, 0.6) is 0 Å². The highest BCUT2D eigenvalue weighted by molar-refractivity contribution is 4.82. The molecule has 5 nitrogen and oxygen atoms in total. The number of piperazine rings is 1. The van der Waals surface area contributed by atoms with Gasteiger partial charge in [0.2, 0.25) is 0 Å². The molecule has 0 aromatic rings. The van der Waals surface area contributed by atoms with Crippen molar-refractivity contribution in [3.63, 3.8) is 0 Å². The van der Waals surface area contributed by atoms with E-state index >= 15 is 0 Å². The lowest BCUT2D eigenvalue weighted by atomic mass is 9.91. The number of methoxy groups -OCH3 is 1. The van der Waals surface area contributed by atoms with Crippen molar-refractivity contribution >= 4 is 0 Å². The van der Waals surface area contributed by atoms with Crippen molar-refractivity contribution in [2.75, 3.05) is 53.6 Å². The van der Waals surface area contributed by atoms with Crippen molar-refractivity contribution < 1.29 is 9.47 Å². The van der Waals surface area contributed by atoms with Crippen LogP contribution in [-0.2, 0) is 9.47 Å². The average molecular weight is 271 g/mol. The molecule has 19 heavy (non-hydrogen) atoms. The molecule has 0 spiro atoms. The van der Waals surface area contributed by atoms with Crippen molar-refractivity contribution in [3.05, 3.63) is 0 Å². The van der Waals surface area contributed by atoms with Gasteiger partial charge in [0.15, 0.2) is 0 Å². The Hall–Kier alpha value is -0.200. The Morgan fingerprint density at radius 3 is 2.26 bits per heavy atom. The van der Waals surface area contributed by atoms with E-state index in [1.807, 2.05) is 7.05 Å². The van der Waals surface area contributed by atoms with Crippen molar-refractivity contribution in [1.29, 1.82) is 0 Å². The fourth-order valence-corrected chi connectivity index (χ4v) is 3.19. The molecule has 2 aliphatic rings. The zero-order valence-electron chi connectivity index (χ0n) is 12.4. The molecule has 2 rings (SSSR count). The fraction of sp³-hybridized carbons (Fsp3) is 1.00. The Kier molecular flexibility index (Phi) is 6.53. The molecule has 5 heteroatoms. The van der Waals surface area contributed by atoms with Gasteiger partial charge in [0.1, 0.15) is 0 Å². The Balaban J connectivity index is 1.63. The summed E-state index contributed by atoms with van der Waals surface area (Å²) in [4.78, 5) is 2.67. The summed E-state index contributed by atoms with van der Waals surface area (Å²) in [6.07, 6.45) is 5.46. The van der Waals surface area contributed by atoms with Crippen LogP contribution in [0.4, 0.5) is 0 Å². The summed E-state index contributed by atoms with van der Waals surface area (Å²) in [5, 5.41) is 2.30. The SMILES string of the molecule is CNN1CCN(C2CCC(OCCOC)CC2)CC1. The van der Waals surface area contributed by atoms with Crippen LogP contribution >= 0.6 is 0 Å². The molecule has 0 radical (unpaired) electrons. The zero-order valence-corrected chi connectivity index (χ0v) is 12.4. The van der Waals surface area contributed by atoms with Gasteiger partial charge in [-0.25, -0.2) is 5.01 Å². The number of hydrazine groups is 1. The minimum Gasteiger partial charge on any atom is -0.382 e. The quantitative estimate of drug-likeness (QED) is 0.720. The smallest absolute Gasteiger partial charge is 0.0704 e. The first kappa shape index (κ1) is 15.2. The topological polar surface area (TPSA) is 37.0 Å². The third-order valence-electron chi connectivity index (χ3n) is 4.43. The maximum atomic E-state index is 5.83. The van der Waals surface area contributed by atoms with Crippen LogP contribution in [-0.4, -0.2) is 75.6 Å². The van der Waals surface area contributed by atoms with E-state index < -0.39 is 0 Å². The van der Waals surface area contributed by atoms with Crippen molar-refractivity contribution in [1.82, 2.24) is 15.3 Å². The minimum absolute atomic E-state index is 0.463. The molecule has 0 aromatic heterocycles. The summed E-state index contributed by atoms with van der Waals surface area (Å²) in [6.45, 7) is 6.13. The second-order valence-electron chi connectivity index (χ2n) is 5.54. The van der Waals surface area contributed by atoms with Crippen LogP contribution in [0.1, 0.15) is 25.7 Å². The second-order valence-corrected chi connectivity index (χ2v) is 5.54. The number of hydrogen-bond acceptors (Lipinski definition) is 5. The van der Waals surface area contributed by atoms with Gasteiger partial charge in [-0.3, -0.25) is 10.3 Å². The number of ether oxygens (including phenoxy) is 2. The first-order chi connectivity index (χ1) is 9.33. The number of nitrogens with zero attached hydrogens (tertiary/aromatic N) is 2. The van der Waals surface area contributed by atoms with Gasteiger partial charge in [-0.15, -0.1) is 0 Å². The van der Waals surface area contributed by atoms with E-state index in [-0.39, 0.29) is 0 Å². The maximum absolute atomic E-state index is 5.83. The van der Waals surface area contributed by atoms with Gasteiger partial charge in [0, 0.05) is 39.3 Å². The van der Waals surface area contributed by atoms with E-state index in [1.54, 1.807) is 7.11 Å². The minimum atomic E-state index is 0.463. The highest BCUT2D eigenvalue weighted by Gasteiger charge is 2.28. The van der Waals surface area contributed by atoms with Crippen LogP contribution in [0.2, 0.25) is 0 Å². The Labute approximate surface area is 117 Å².